The summed E-state index contributed by atoms with van der Waals surface area (Å²) in [5.74, 6) is 0. The van der Waals surface area contributed by atoms with E-state index >= 15 is 0 Å². The van der Waals surface area contributed by atoms with E-state index in [2.05, 4.69) is 4.79 Å². The van der Waals surface area contributed by atoms with E-state index in [-0.39, 0.29) is 37.9 Å². The average Bonchev–Trinajstić information content (AvgIpc) is 2.19. The molecule has 0 aliphatic heterocycles. The first-order chi connectivity index (χ1) is 6.69. The van der Waals surface area contributed by atoms with Crippen LogP contribution in [0, 0.1) is 0 Å². The number of aliphatic hydroxyl groups excluding tert-OH is 1. The van der Waals surface area contributed by atoms with Crippen LogP contribution in [0.1, 0.15) is 13.8 Å². The molecule has 0 spiro atoms. The summed E-state index contributed by atoms with van der Waals surface area (Å²) < 4.78 is 0. The van der Waals surface area contributed by atoms with Crippen LogP contribution in [0.2, 0.25) is 0 Å². The average molecular weight is 295 g/mol. The molecule has 6 heteroatoms. The Morgan fingerprint density at radius 1 is 1.50 bits per heavy atom. The van der Waals surface area contributed by atoms with Gasteiger partial charge in [-0.05, 0) is 13.5 Å². The van der Waals surface area contributed by atoms with Gasteiger partial charge in [0.2, 0.25) is 0 Å². The largest absolute Gasteiger partial charge is 0.379 e. The molecule has 0 radical (unpaired) electrons. The van der Waals surface area contributed by atoms with Gasteiger partial charge in [-0.1, -0.05) is 19.1 Å². The SMILES string of the molecule is CCN(C(C)O)C1C=CC(=[N+]=[N-])C=C1.Cl.[Zn]. The Morgan fingerprint density at radius 3 is 2.31 bits per heavy atom. The molecule has 0 aromatic heterocycles. The van der Waals surface area contributed by atoms with Gasteiger partial charge in [0.15, 0.2) is 0 Å². The Kier molecular flexibility index (Phi) is 9.94. The molecule has 0 fully saturated rings. The Balaban J connectivity index is 0. The molecule has 0 heterocycles. The summed E-state index contributed by atoms with van der Waals surface area (Å²) in [7, 11) is 0. The van der Waals surface area contributed by atoms with Crippen molar-refractivity contribution in [3.63, 3.8) is 0 Å². The van der Waals surface area contributed by atoms with Crippen molar-refractivity contribution >= 4 is 18.1 Å². The van der Waals surface area contributed by atoms with Crippen molar-refractivity contribution in [2.45, 2.75) is 26.1 Å². The van der Waals surface area contributed by atoms with Crippen LogP contribution in [-0.4, -0.2) is 39.3 Å². The van der Waals surface area contributed by atoms with Crippen LogP contribution in [0.3, 0.4) is 0 Å². The third-order valence-electron chi connectivity index (χ3n) is 2.27. The summed E-state index contributed by atoms with van der Waals surface area (Å²) >= 11 is 0. The first-order valence-corrected chi connectivity index (χ1v) is 4.71. The molecule has 1 aliphatic rings. The van der Waals surface area contributed by atoms with Crippen LogP contribution >= 0.6 is 12.4 Å². The van der Waals surface area contributed by atoms with Crippen molar-refractivity contribution < 1.29 is 29.4 Å². The van der Waals surface area contributed by atoms with Crippen LogP contribution in [-0.2, 0) is 19.5 Å². The third-order valence-corrected chi connectivity index (χ3v) is 2.27. The summed E-state index contributed by atoms with van der Waals surface area (Å²) in [5, 5.41) is 9.47. The molecule has 1 atom stereocenters. The first kappa shape index (κ1) is 18.1. The van der Waals surface area contributed by atoms with Gasteiger partial charge < -0.3 is 10.6 Å². The molecule has 86 valence electrons. The molecule has 1 aliphatic carbocycles. The molecule has 0 amide bonds. The first-order valence-electron chi connectivity index (χ1n) is 4.71. The Morgan fingerprint density at radius 2 is 2.00 bits per heavy atom. The molecular weight excluding hydrogens is 279 g/mol. The smallest absolute Gasteiger partial charge is 0.314 e. The van der Waals surface area contributed by atoms with Gasteiger partial charge in [-0.15, -0.1) is 12.4 Å². The van der Waals surface area contributed by atoms with Crippen molar-refractivity contribution in [2.75, 3.05) is 6.54 Å². The molecule has 1 N–H and O–H groups in total. The molecule has 0 saturated carbocycles. The van der Waals surface area contributed by atoms with Gasteiger partial charge in [-0.2, -0.15) is 4.79 Å². The topological polar surface area (TPSA) is 59.9 Å². The standard InChI is InChI=1S/C10H15N3O.ClH.Zn/c1-3-13(8(2)14)10-6-4-9(12-11)5-7-10;;/h4-8,10,14H,3H2,1-2H3;1H;. The van der Waals surface area contributed by atoms with Crippen molar-refractivity contribution in [3.8, 4) is 0 Å². The zero-order valence-corrected chi connectivity index (χ0v) is 13.4. The Labute approximate surface area is 115 Å². The minimum atomic E-state index is -0.480. The number of hydrogen-bond donors (Lipinski definition) is 1. The van der Waals surface area contributed by atoms with Gasteiger partial charge in [-0.3, -0.25) is 4.90 Å². The number of hydrogen-bond acceptors (Lipinski definition) is 2. The maximum atomic E-state index is 9.47. The second-order valence-corrected chi connectivity index (χ2v) is 3.20. The third kappa shape index (κ3) is 4.69. The summed E-state index contributed by atoms with van der Waals surface area (Å²) in [4.78, 5) is 4.99. The van der Waals surface area contributed by atoms with Crippen LogP contribution in [0.4, 0.5) is 0 Å². The number of allylic oxidation sites excluding steroid dienone is 2. The second kappa shape index (κ2) is 8.80. The number of halogens is 1. The van der Waals surface area contributed by atoms with Gasteiger partial charge in [0, 0.05) is 37.7 Å². The van der Waals surface area contributed by atoms with E-state index in [1.165, 1.54) is 0 Å². The minimum Gasteiger partial charge on any atom is -0.379 e. The molecule has 1 unspecified atom stereocenters. The van der Waals surface area contributed by atoms with Gasteiger partial charge in [0.05, 0.1) is 0 Å². The van der Waals surface area contributed by atoms with Crippen LogP contribution < -0.4 is 0 Å². The van der Waals surface area contributed by atoms with E-state index < -0.39 is 6.23 Å². The van der Waals surface area contributed by atoms with Crippen molar-refractivity contribution in [3.05, 3.63) is 29.8 Å². The quantitative estimate of drug-likeness (QED) is 0.368. The molecule has 1 rings (SSSR count). The van der Waals surface area contributed by atoms with E-state index in [1.54, 1.807) is 19.1 Å². The van der Waals surface area contributed by atoms with E-state index in [1.807, 2.05) is 24.0 Å². The van der Waals surface area contributed by atoms with Gasteiger partial charge in [0.25, 0.3) is 0 Å². The summed E-state index contributed by atoms with van der Waals surface area (Å²) in [6, 6.07) is 0.0745. The molecule has 0 bridgehead atoms. The second-order valence-electron chi connectivity index (χ2n) is 3.20. The van der Waals surface area contributed by atoms with Crippen LogP contribution in [0.5, 0.6) is 0 Å². The van der Waals surface area contributed by atoms with E-state index in [0.29, 0.717) is 5.71 Å². The Hall–Kier alpha value is -0.307. The van der Waals surface area contributed by atoms with Crippen LogP contribution in [0.15, 0.2) is 24.3 Å². The van der Waals surface area contributed by atoms with Gasteiger partial charge in [0.1, 0.15) is 6.23 Å². The van der Waals surface area contributed by atoms with Crippen molar-refractivity contribution in [1.82, 2.24) is 4.90 Å². The summed E-state index contributed by atoms with van der Waals surface area (Å²) in [6.07, 6.45) is 6.77. The number of nitrogens with zero attached hydrogens (tertiary/aromatic N) is 3. The molecule has 16 heavy (non-hydrogen) atoms. The number of likely N-dealkylation sites (N-methyl/N-ethyl adjacent to an activating group) is 1. The molecular formula is C10H16ClN3OZn. The predicted octanol–water partition coefficient (Wildman–Crippen LogP) is 1.23. The fourth-order valence-corrected chi connectivity index (χ4v) is 1.53. The van der Waals surface area contributed by atoms with Crippen molar-refractivity contribution in [1.29, 1.82) is 0 Å². The zero-order chi connectivity index (χ0) is 10.6. The summed E-state index contributed by atoms with van der Waals surface area (Å²) in [5.41, 5.74) is 9.04. The predicted molar refractivity (Wildman–Crippen MR) is 62.0 cm³/mol. The molecule has 4 nitrogen and oxygen atoms in total. The monoisotopic (exact) mass is 293 g/mol. The van der Waals surface area contributed by atoms with Gasteiger partial charge >= 0.3 is 5.71 Å². The molecule has 0 aromatic carbocycles. The van der Waals surface area contributed by atoms with E-state index in [9.17, 15) is 5.11 Å². The fraction of sp³-hybridized carbons (Fsp3) is 0.500. The molecule has 0 aromatic rings. The fourth-order valence-electron chi connectivity index (χ4n) is 1.53. The minimum absolute atomic E-state index is 0. The zero-order valence-electron chi connectivity index (χ0n) is 9.58. The number of rotatable bonds is 3. The maximum Gasteiger partial charge on any atom is 0.314 e. The maximum absolute atomic E-state index is 9.47. The number of aliphatic hydroxyl groups is 1. The van der Waals surface area contributed by atoms with Gasteiger partial charge in [-0.25, -0.2) is 0 Å². The summed E-state index contributed by atoms with van der Waals surface area (Å²) in [6.45, 7) is 4.49. The van der Waals surface area contributed by atoms with Crippen molar-refractivity contribution in [2.24, 2.45) is 0 Å². The van der Waals surface area contributed by atoms with E-state index in [0.717, 1.165) is 6.54 Å². The Bertz CT molecular complexity index is 295. The van der Waals surface area contributed by atoms with E-state index in [4.69, 9.17) is 5.53 Å². The molecule has 0 saturated heterocycles. The van der Waals surface area contributed by atoms with Crippen LogP contribution in [0.25, 0.3) is 5.53 Å². The normalized spacial score (nSPS) is 19.8.